The second-order valence-corrected chi connectivity index (χ2v) is 9.62. The third-order valence-electron chi connectivity index (χ3n) is 5.65. The van der Waals surface area contributed by atoms with Crippen molar-refractivity contribution < 1.29 is 23.9 Å². The fraction of sp³-hybridized carbons (Fsp3) is 0.115. The molecule has 0 spiro atoms. The normalized spacial score (nSPS) is 15.5. The van der Waals surface area contributed by atoms with Gasteiger partial charge in [0.25, 0.3) is 0 Å². The van der Waals surface area contributed by atoms with Crippen molar-refractivity contribution in [3.63, 3.8) is 0 Å². The van der Waals surface area contributed by atoms with E-state index < -0.39 is 23.7 Å². The number of amides is 2. The average Bonchev–Trinajstić information content (AvgIpc) is 3.46. The van der Waals surface area contributed by atoms with E-state index in [0.29, 0.717) is 16.3 Å². The minimum atomic E-state index is -0.756. The quantitative estimate of drug-likeness (QED) is 0.214. The average molecular weight is 520 g/mol. The monoisotopic (exact) mass is 519 g/mol. The van der Waals surface area contributed by atoms with Crippen LogP contribution in [0.5, 0.6) is 0 Å². The van der Waals surface area contributed by atoms with Gasteiger partial charge in [0.05, 0.1) is 16.5 Å². The van der Waals surface area contributed by atoms with Gasteiger partial charge >= 0.3 is 5.97 Å². The van der Waals surface area contributed by atoms with Crippen LogP contribution in [0.25, 0.3) is 10.9 Å². The van der Waals surface area contributed by atoms with Crippen LogP contribution in [0.2, 0.25) is 5.02 Å². The summed E-state index contributed by atoms with van der Waals surface area (Å²) in [7, 11) is 0. The number of thioether (sulfide) groups is 1. The number of carbonyl (C=O) groups is 4. The Labute approximate surface area is 214 Å². The molecule has 180 valence electrons. The SMILES string of the molecule is O=C(COC(=O)c1cccnc1SC1CC(=O)N(c2ccc3cc[nH]c3c2)C1=O)c1ccc(Cl)cc1. The highest BCUT2D eigenvalue weighted by Gasteiger charge is 2.41. The highest BCUT2D eigenvalue weighted by atomic mass is 35.5. The Morgan fingerprint density at radius 1 is 1.11 bits per heavy atom. The number of aromatic amines is 1. The number of ketones is 1. The number of ether oxygens (including phenoxy) is 1. The van der Waals surface area contributed by atoms with E-state index in [4.69, 9.17) is 16.3 Å². The molecule has 1 fully saturated rings. The zero-order valence-corrected chi connectivity index (χ0v) is 20.2. The Kier molecular flexibility index (Phi) is 6.58. The number of pyridine rings is 1. The number of hydrogen-bond acceptors (Lipinski definition) is 7. The highest BCUT2D eigenvalue weighted by molar-refractivity contribution is 8.00. The molecule has 1 atom stereocenters. The first-order valence-corrected chi connectivity index (χ1v) is 12.2. The van der Waals surface area contributed by atoms with Gasteiger partial charge in [-0.1, -0.05) is 29.4 Å². The molecule has 4 aromatic rings. The second-order valence-electron chi connectivity index (χ2n) is 7.99. The molecule has 0 radical (unpaired) electrons. The first-order valence-electron chi connectivity index (χ1n) is 10.9. The van der Waals surface area contributed by atoms with E-state index in [1.54, 1.807) is 48.7 Å². The van der Waals surface area contributed by atoms with Gasteiger partial charge in [0.2, 0.25) is 11.8 Å². The number of H-pyrrole nitrogens is 1. The van der Waals surface area contributed by atoms with Crippen molar-refractivity contribution >= 4 is 63.5 Å². The summed E-state index contributed by atoms with van der Waals surface area (Å²) in [6.45, 7) is -0.463. The van der Waals surface area contributed by atoms with Crippen LogP contribution in [0, 0.1) is 0 Å². The Morgan fingerprint density at radius 3 is 2.72 bits per heavy atom. The summed E-state index contributed by atoms with van der Waals surface area (Å²) >= 11 is 6.86. The molecule has 1 aliphatic heterocycles. The molecule has 0 bridgehead atoms. The maximum Gasteiger partial charge on any atom is 0.341 e. The Balaban J connectivity index is 1.29. The lowest BCUT2D eigenvalue weighted by Gasteiger charge is -2.15. The van der Waals surface area contributed by atoms with Crippen LogP contribution in [-0.2, 0) is 14.3 Å². The van der Waals surface area contributed by atoms with E-state index in [-0.39, 0.29) is 28.7 Å². The largest absolute Gasteiger partial charge is 0.454 e. The molecular formula is C26H18ClN3O5S. The number of rotatable bonds is 7. The minimum Gasteiger partial charge on any atom is -0.454 e. The number of aromatic nitrogens is 2. The first kappa shape index (κ1) is 23.8. The lowest BCUT2D eigenvalue weighted by molar-refractivity contribution is -0.121. The van der Waals surface area contributed by atoms with Crippen molar-refractivity contribution in [2.24, 2.45) is 0 Å². The van der Waals surface area contributed by atoms with Crippen LogP contribution >= 0.6 is 23.4 Å². The maximum absolute atomic E-state index is 13.1. The maximum atomic E-state index is 13.1. The summed E-state index contributed by atoms with van der Waals surface area (Å²) in [5.41, 5.74) is 1.76. The Morgan fingerprint density at radius 2 is 1.92 bits per heavy atom. The number of fused-ring (bicyclic) bond motifs is 1. The topological polar surface area (TPSA) is 109 Å². The highest BCUT2D eigenvalue weighted by Crippen LogP contribution is 2.35. The number of benzene rings is 2. The summed E-state index contributed by atoms with van der Waals surface area (Å²) in [5.74, 6) is -1.86. The molecule has 1 unspecified atom stereocenters. The van der Waals surface area contributed by atoms with Crippen LogP contribution < -0.4 is 4.90 Å². The third-order valence-corrected chi connectivity index (χ3v) is 7.10. The van der Waals surface area contributed by atoms with Crippen LogP contribution in [-0.4, -0.2) is 45.4 Å². The molecule has 3 heterocycles. The summed E-state index contributed by atoms with van der Waals surface area (Å²) in [4.78, 5) is 59.4. The Bertz CT molecular complexity index is 1500. The van der Waals surface area contributed by atoms with Crippen molar-refractivity contribution in [3.8, 4) is 0 Å². The molecule has 1 aliphatic rings. The molecule has 0 saturated carbocycles. The molecule has 8 nitrogen and oxygen atoms in total. The fourth-order valence-corrected chi connectivity index (χ4v) is 5.07. The smallest absolute Gasteiger partial charge is 0.341 e. The predicted octanol–water partition coefficient (Wildman–Crippen LogP) is 4.68. The fourth-order valence-electron chi connectivity index (χ4n) is 3.85. The van der Waals surface area contributed by atoms with Gasteiger partial charge in [0.15, 0.2) is 12.4 Å². The van der Waals surface area contributed by atoms with E-state index in [1.807, 2.05) is 12.1 Å². The standard InChI is InChI=1S/C26H18ClN3O5S/c27-17-6-3-16(4-7-17)21(31)14-35-26(34)19-2-1-10-29-24(19)36-22-13-23(32)30(25(22)33)18-8-5-15-9-11-28-20(15)12-18/h1-12,22,28H,13-14H2. The number of imide groups is 1. The van der Waals surface area contributed by atoms with Gasteiger partial charge in [-0.25, -0.2) is 14.7 Å². The van der Waals surface area contributed by atoms with Crippen LogP contribution in [0.3, 0.4) is 0 Å². The summed E-state index contributed by atoms with van der Waals surface area (Å²) < 4.78 is 5.21. The van der Waals surface area contributed by atoms with Crippen molar-refractivity contribution in [1.29, 1.82) is 0 Å². The molecule has 0 aliphatic carbocycles. The minimum absolute atomic E-state index is 0.0353. The molecule has 5 rings (SSSR count). The zero-order valence-electron chi connectivity index (χ0n) is 18.6. The van der Waals surface area contributed by atoms with E-state index in [2.05, 4.69) is 9.97 Å². The predicted molar refractivity (Wildman–Crippen MR) is 135 cm³/mol. The van der Waals surface area contributed by atoms with Crippen molar-refractivity contribution in [2.45, 2.75) is 16.7 Å². The van der Waals surface area contributed by atoms with Crippen molar-refractivity contribution in [1.82, 2.24) is 9.97 Å². The number of hydrogen-bond donors (Lipinski definition) is 1. The molecule has 1 saturated heterocycles. The first-order chi connectivity index (χ1) is 17.4. The van der Waals surface area contributed by atoms with Gasteiger partial charge in [0, 0.05) is 34.9 Å². The second kappa shape index (κ2) is 9.96. The number of nitrogens with zero attached hydrogens (tertiary/aromatic N) is 2. The third kappa shape index (κ3) is 4.75. The number of nitrogens with one attached hydrogen (secondary N) is 1. The summed E-state index contributed by atoms with van der Waals surface area (Å²) in [6.07, 6.45) is 3.23. The number of esters is 1. The molecule has 2 aromatic carbocycles. The van der Waals surface area contributed by atoms with Gasteiger partial charge < -0.3 is 9.72 Å². The number of anilines is 1. The number of carbonyl (C=O) groups excluding carboxylic acids is 4. The number of halogens is 1. The number of Topliss-reactive ketones (excluding diaryl/α,β-unsaturated/α-hetero) is 1. The summed E-state index contributed by atoms with van der Waals surface area (Å²) in [5, 5.41) is 0.946. The van der Waals surface area contributed by atoms with Gasteiger partial charge in [0.1, 0.15) is 5.03 Å². The van der Waals surface area contributed by atoms with Gasteiger partial charge in [-0.05, 0) is 60.0 Å². The van der Waals surface area contributed by atoms with E-state index >= 15 is 0 Å². The van der Waals surface area contributed by atoms with E-state index in [0.717, 1.165) is 27.6 Å². The van der Waals surface area contributed by atoms with Crippen LogP contribution in [0.1, 0.15) is 27.1 Å². The van der Waals surface area contributed by atoms with E-state index in [1.165, 1.54) is 12.3 Å². The van der Waals surface area contributed by atoms with Crippen molar-refractivity contribution in [3.05, 3.63) is 89.2 Å². The van der Waals surface area contributed by atoms with E-state index in [9.17, 15) is 19.2 Å². The van der Waals surface area contributed by atoms with Crippen LogP contribution in [0.4, 0.5) is 5.69 Å². The molecule has 36 heavy (non-hydrogen) atoms. The molecular weight excluding hydrogens is 502 g/mol. The van der Waals surface area contributed by atoms with Gasteiger partial charge in [-0.15, -0.1) is 0 Å². The van der Waals surface area contributed by atoms with Gasteiger partial charge in [-0.3, -0.25) is 14.4 Å². The Hall–Kier alpha value is -3.95. The molecule has 10 heteroatoms. The lowest BCUT2D eigenvalue weighted by Crippen LogP contribution is -2.31. The van der Waals surface area contributed by atoms with Gasteiger partial charge in [-0.2, -0.15) is 0 Å². The molecule has 2 aromatic heterocycles. The van der Waals surface area contributed by atoms with Crippen molar-refractivity contribution in [2.75, 3.05) is 11.5 Å². The van der Waals surface area contributed by atoms with Crippen LogP contribution in [0.15, 0.2) is 78.1 Å². The summed E-state index contributed by atoms with van der Waals surface area (Å²) in [6, 6.07) is 16.5. The molecule has 2 amide bonds. The lowest BCUT2D eigenvalue weighted by atomic mass is 10.1. The molecule has 1 N–H and O–H groups in total. The zero-order chi connectivity index (χ0) is 25.2.